The van der Waals surface area contributed by atoms with Crippen LogP contribution < -0.4 is 10.0 Å². The summed E-state index contributed by atoms with van der Waals surface area (Å²) < 4.78 is 33.6. The lowest BCUT2D eigenvalue weighted by molar-refractivity contribution is 0.180. The van der Waals surface area contributed by atoms with Crippen molar-refractivity contribution in [1.29, 1.82) is 0 Å². The molecule has 2 unspecified atom stereocenters. The molecule has 0 spiro atoms. The molecule has 0 radical (unpaired) electrons. The zero-order chi connectivity index (χ0) is 14.9. The van der Waals surface area contributed by atoms with Gasteiger partial charge in [0.2, 0.25) is 10.0 Å². The Balaban J connectivity index is 1.84. The van der Waals surface area contributed by atoms with E-state index in [4.69, 9.17) is 4.74 Å². The Kier molecular flexibility index (Phi) is 4.31. The maximum Gasteiger partial charge on any atom is 0.241 e. The van der Waals surface area contributed by atoms with E-state index in [2.05, 4.69) is 10.0 Å². The van der Waals surface area contributed by atoms with Crippen LogP contribution >= 0.6 is 0 Å². The van der Waals surface area contributed by atoms with Crippen LogP contribution in [0, 0.1) is 5.92 Å². The number of benzene rings is 1. The second kappa shape index (κ2) is 6.04. The summed E-state index contributed by atoms with van der Waals surface area (Å²) in [6.07, 6.45) is 1.67. The van der Waals surface area contributed by atoms with Gasteiger partial charge in [-0.25, -0.2) is 13.1 Å². The molecule has 5 nitrogen and oxygen atoms in total. The van der Waals surface area contributed by atoms with E-state index in [-0.39, 0.29) is 12.0 Å². The monoisotopic (exact) mass is 310 g/mol. The van der Waals surface area contributed by atoms with Gasteiger partial charge in [0.05, 0.1) is 11.5 Å². The summed E-state index contributed by atoms with van der Waals surface area (Å²) in [5, 5.41) is 3.27. The molecule has 1 saturated heterocycles. The van der Waals surface area contributed by atoms with Crippen molar-refractivity contribution in [3.05, 3.63) is 29.3 Å². The summed E-state index contributed by atoms with van der Waals surface area (Å²) >= 11 is 0. The van der Waals surface area contributed by atoms with Gasteiger partial charge in [-0.3, -0.25) is 0 Å². The van der Waals surface area contributed by atoms with Gasteiger partial charge in [0.15, 0.2) is 0 Å². The Morgan fingerprint density at radius 1 is 1.43 bits per heavy atom. The van der Waals surface area contributed by atoms with Gasteiger partial charge in [0.1, 0.15) is 0 Å². The minimum Gasteiger partial charge on any atom is -0.381 e. The van der Waals surface area contributed by atoms with Crippen molar-refractivity contribution in [2.75, 3.05) is 19.8 Å². The molecule has 2 aliphatic heterocycles. The first-order chi connectivity index (χ1) is 10.1. The van der Waals surface area contributed by atoms with Gasteiger partial charge >= 0.3 is 0 Å². The molecule has 1 aromatic rings. The van der Waals surface area contributed by atoms with Gasteiger partial charge < -0.3 is 10.1 Å². The maximum absolute atomic E-state index is 12.7. The Hall–Kier alpha value is -0.950. The minimum atomic E-state index is -3.47. The summed E-state index contributed by atoms with van der Waals surface area (Å²) in [6, 6.07) is 5.43. The first-order valence-corrected chi connectivity index (χ1v) is 8.98. The number of fused-ring (bicyclic) bond motifs is 1. The van der Waals surface area contributed by atoms with E-state index < -0.39 is 10.0 Å². The molecule has 0 aromatic heterocycles. The van der Waals surface area contributed by atoms with Crippen LogP contribution in [0.15, 0.2) is 23.1 Å². The minimum absolute atomic E-state index is 0.102. The van der Waals surface area contributed by atoms with Gasteiger partial charge in [-0.05, 0) is 43.5 Å². The molecule has 2 aliphatic rings. The van der Waals surface area contributed by atoms with Crippen molar-refractivity contribution in [2.24, 2.45) is 5.92 Å². The average Bonchev–Trinajstić information content (AvgIpc) is 3.00. The van der Waals surface area contributed by atoms with E-state index in [1.165, 1.54) is 0 Å². The standard InChI is InChI=1S/C15H22N2O3S/c1-11(13-6-8-20-10-13)17-21(18,19)15-4-2-3-12-9-16-7-5-14(12)15/h2-4,11,13,16-17H,5-10H2,1H3. The van der Waals surface area contributed by atoms with Crippen LogP contribution in [0.25, 0.3) is 0 Å². The maximum atomic E-state index is 12.7. The van der Waals surface area contributed by atoms with Crippen LogP contribution in [-0.4, -0.2) is 34.2 Å². The average molecular weight is 310 g/mol. The zero-order valence-corrected chi connectivity index (χ0v) is 13.1. The third kappa shape index (κ3) is 3.13. The van der Waals surface area contributed by atoms with Crippen molar-refractivity contribution in [1.82, 2.24) is 10.0 Å². The van der Waals surface area contributed by atoms with Crippen LogP contribution in [-0.2, 0) is 27.7 Å². The molecule has 21 heavy (non-hydrogen) atoms. The lowest BCUT2D eigenvalue weighted by atomic mass is 10.0. The smallest absolute Gasteiger partial charge is 0.241 e. The molecule has 0 saturated carbocycles. The van der Waals surface area contributed by atoms with E-state index in [1.807, 2.05) is 19.1 Å². The van der Waals surface area contributed by atoms with Crippen molar-refractivity contribution in [3.8, 4) is 0 Å². The first kappa shape index (κ1) is 15.0. The molecule has 116 valence electrons. The van der Waals surface area contributed by atoms with E-state index >= 15 is 0 Å². The normalized spacial score (nSPS) is 23.8. The number of hydrogen-bond donors (Lipinski definition) is 2. The highest BCUT2D eigenvalue weighted by Crippen LogP contribution is 2.24. The van der Waals surface area contributed by atoms with Crippen molar-refractivity contribution in [3.63, 3.8) is 0 Å². The predicted molar refractivity (Wildman–Crippen MR) is 80.6 cm³/mol. The third-order valence-electron chi connectivity index (χ3n) is 4.40. The summed E-state index contributed by atoms with van der Waals surface area (Å²) in [7, 11) is -3.47. The number of hydrogen-bond acceptors (Lipinski definition) is 4. The van der Waals surface area contributed by atoms with E-state index in [9.17, 15) is 8.42 Å². The predicted octanol–water partition coefficient (Wildman–Crippen LogP) is 1.04. The molecule has 6 heteroatoms. The van der Waals surface area contributed by atoms with Gasteiger partial charge in [-0.2, -0.15) is 0 Å². The largest absolute Gasteiger partial charge is 0.381 e. The summed E-state index contributed by atoms with van der Waals surface area (Å²) in [4.78, 5) is 0.437. The molecule has 2 N–H and O–H groups in total. The van der Waals surface area contributed by atoms with Crippen molar-refractivity contribution >= 4 is 10.0 Å². The molecular weight excluding hydrogens is 288 g/mol. The quantitative estimate of drug-likeness (QED) is 0.872. The highest BCUT2D eigenvalue weighted by Gasteiger charge is 2.28. The van der Waals surface area contributed by atoms with E-state index in [0.717, 1.165) is 43.7 Å². The van der Waals surface area contributed by atoms with Gasteiger partial charge in [-0.15, -0.1) is 0 Å². The Bertz CT molecular complexity index is 609. The van der Waals surface area contributed by atoms with Crippen LogP contribution in [0.2, 0.25) is 0 Å². The number of ether oxygens (including phenoxy) is 1. The van der Waals surface area contributed by atoms with Crippen LogP contribution in [0.3, 0.4) is 0 Å². The SMILES string of the molecule is CC(NS(=O)(=O)c1cccc2c1CCNC2)C1CCOC1. The molecule has 0 amide bonds. The van der Waals surface area contributed by atoms with Crippen LogP contribution in [0.4, 0.5) is 0 Å². The number of rotatable bonds is 4. The fourth-order valence-corrected chi connectivity index (χ4v) is 4.72. The molecule has 0 aliphatic carbocycles. The fraction of sp³-hybridized carbons (Fsp3) is 0.600. The van der Waals surface area contributed by atoms with Gasteiger partial charge in [0, 0.05) is 25.1 Å². The number of nitrogens with one attached hydrogen (secondary N) is 2. The lowest BCUT2D eigenvalue weighted by Gasteiger charge is -2.23. The van der Waals surface area contributed by atoms with Gasteiger partial charge in [0.25, 0.3) is 0 Å². The third-order valence-corrected chi connectivity index (χ3v) is 6.04. The molecule has 2 atom stereocenters. The van der Waals surface area contributed by atoms with E-state index in [0.29, 0.717) is 11.5 Å². The molecule has 1 fully saturated rings. The Labute approximate surface area is 126 Å². The number of sulfonamides is 1. The van der Waals surface area contributed by atoms with Crippen LogP contribution in [0.5, 0.6) is 0 Å². The van der Waals surface area contributed by atoms with Crippen molar-refractivity contribution in [2.45, 2.75) is 37.2 Å². The first-order valence-electron chi connectivity index (χ1n) is 7.49. The zero-order valence-electron chi connectivity index (χ0n) is 12.3. The fourth-order valence-electron chi connectivity index (χ4n) is 3.10. The topological polar surface area (TPSA) is 67.4 Å². The molecule has 0 bridgehead atoms. The Morgan fingerprint density at radius 3 is 3.05 bits per heavy atom. The molecule has 1 aromatic carbocycles. The van der Waals surface area contributed by atoms with Crippen LogP contribution in [0.1, 0.15) is 24.5 Å². The molecule has 3 rings (SSSR count). The molecule has 2 heterocycles. The van der Waals surface area contributed by atoms with E-state index in [1.54, 1.807) is 6.07 Å². The summed E-state index contributed by atoms with van der Waals surface area (Å²) in [5.41, 5.74) is 2.04. The van der Waals surface area contributed by atoms with Gasteiger partial charge in [-0.1, -0.05) is 12.1 Å². The van der Waals surface area contributed by atoms with Crippen molar-refractivity contribution < 1.29 is 13.2 Å². The highest BCUT2D eigenvalue weighted by molar-refractivity contribution is 7.89. The second-order valence-electron chi connectivity index (χ2n) is 5.85. The lowest BCUT2D eigenvalue weighted by Crippen LogP contribution is -2.39. The summed E-state index contributed by atoms with van der Waals surface area (Å²) in [6.45, 7) is 4.85. The Morgan fingerprint density at radius 2 is 2.29 bits per heavy atom. The highest BCUT2D eigenvalue weighted by atomic mass is 32.2. The second-order valence-corrected chi connectivity index (χ2v) is 7.54. The molecular formula is C15H22N2O3S. The summed E-state index contributed by atoms with van der Waals surface area (Å²) in [5.74, 6) is 0.265.